The lowest BCUT2D eigenvalue weighted by Crippen LogP contribution is -2.44. The van der Waals surface area contributed by atoms with E-state index in [1.165, 1.54) is 13.0 Å². The number of likely N-dealkylation sites (tertiary alicyclic amines) is 1. The van der Waals surface area contributed by atoms with Gasteiger partial charge in [0.25, 0.3) is 5.91 Å². The molecule has 2 heterocycles. The molecule has 3 rings (SSSR count). The van der Waals surface area contributed by atoms with Gasteiger partial charge in [0.05, 0.1) is 5.69 Å². The first-order valence-corrected chi connectivity index (χ1v) is 9.10. The highest BCUT2D eigenvalue weighted by molar-refractivity contribution is 5.94. The van der Waals surface area contributed by atoms with Crippen LogP contribution in [0, 0.1) is 0 Å². The maximum Gasteiger partial charge on any atom is 0.251 e. The number of hydrogen-bond donors (Lipinski definition) is 1. The van der Waals surface area contributed by atoms with Gasteiger partial charge in [-0.2, -0.15) is 5.10 Å². The van der Waals surface area contributed by atoms with Crippen molar-refractivity contribution in [2.24, 2.45) is 5.10 Å². The molecule has 1 fully saturated rings. The van der Waals surface area contributed by atoms with Crippen LogP contribution in [0.2, 0.25) is 0 Å². The van der Waals surface area contributed by atoms with E-state index >= 15 is 0 Å². The monoisotopic (exact) mass is 328 g/mol. The van der Waals surface area contributed by atoms with Crippen molar-refractivity contribution in [3.05, 3.63) is 29.8 Å². The fourth-order valence-corrected chi connectivity index (χ4v) is 3.43. The molecule has 2 aliphatic rings. The Labute approximate surface area is 144 Å². The molecule has 1 aromatic rings. The average molecular weight is 328 g/mol. The highest BCUT2D eigenvalue weighted by Crippen LogP contribution is 2.20. The highest BCUT2D eigenvalue weighted by Gasteiger charge is 2.21. The van der Waals surface area contributed by atoms with Gasteiger partial charge >= 0.3 is 0 Å². The number of hydrazone groups is 1. The molecule has 0 atom stereocenters. The summed E-state index contributed by atoms with van der Waals surface area (Å²) >= 11 is 0. The first-order chi connectivity index (χ1) is 11.7. The minimum Gasteiger partial charge on any atom is -0.349 e. The summed E-state index contributed by atoms with van der Waals surface area (Å²) in [6.45, 7) is 8.53. The van der Waals surface area contributed by atoms with Crippen molar-refractivity contribution >= 4 is 17.3 Å². The molecule has 0 radical (unpaired) electrons. The van der Waals surface area contributed by atoms with Crippen molar-refractivity contribution in [3.8, 4) is 0 Å². The molecular formula is C19H28N4O. The van der Waals surface area contributed by atoms with Crippen molar-refractivity contribution < 1.29 is 4.79 Å². The van der Waals surface area contributed by atoms with E-state index in [4.69, 9.17) is 0 Å². The number of benzene rings is 1. The number of amides is 1. The Morgan fingerprint density at radius 1 is 1.21 bits per heavy atom. The number of carbonyl (C=O) groups is 1. The molecule has 0 aromatic heterocycles. The zero-order valence-electron chi connectivity index (χ0n) is 14.8. The van der Waals surface area contributed by atoms with Gasteiger partial charge < -0.3 is 10.2 Å². The van der Waals surface area contributed by atoms with E-state index in [9.17, 15) is 4.79 Å². The number of nitrogens with zero attached hydrogens (tertiary/aromatic N) is 3. The van der Waals surface area contributed by atoms with E-state index in [2.05, 4.69) is 22.2 Å². The molecule has 0 aliphatic carbocycles. The first kappa shape index (κ1) is 17.0. The fraction of sp³-hybridized carbons (Fsp3) is 0.579. The largest absolute Gasteiger partial charge is 0.349 e. The van der Waals surface area contributed by atoms with Crippen molar-refractivity contribution in [1.29, 1.82) is 0 Å². The second kappa shape index (κ2) is 7.79. The van der Waals surface area contributed by atoms with Gasteiger partial charge in [0.1, 0.15) is 0 Å². The Morgan fingerprint density at radius 3 is 2.50 bits per heavy atom. The smallest absolute Gasteiger partial charge is 0.251 e. The Bertz CT molecular complexity index is 588. The van der Waals surface area contributed by atoms with Crippen LogP contribution >= 0.6 is 0 Å². The van der Waals surface area contributed by atoms with Crippen LogP contribution in [0.15, 0.2) is 29.4 Å². The van der Waals surface area contributed by atoms with Gasteiger partial charge in [0.2, 0.25) is 0 Å². The van der Waals surface area contributed by atoms with Crippen LogP contribution in [0.5, 0.6) is 0 Å². The summed E-state index contributed by atoms with van der Waals surface area (Å²) in [5.74, 6) is 0.0385. The average Bonchev–Trinajstić information content (AvgIpc) is 3.03. The lowest BCUT2D eigenvalue weighted by atomic mass is 10.0. The van der Waals surface area contributed by atoms with Gasteiger partial charge in [0.15, 0.2) is 0 Å². The third-order valence-electron chi connectivity index (χ3n) is 4.87. The molecule has 0 saturated carbocycles. The molecule has 0 spiro atoms. The molecular weight excluding hydrogens is 300 g/mol. The van der Waals surface area contributed by atoms with Gasteiger partial charge in [-0.25, -0.2) is 0 Å². The predicted molar refractivity (Wildman–Crippen MR) is 98.7 cm³/mol. The Morgan fingerprint density at radius 2 is 1.92 bits per heavy atom. The topological polar surface area (TPSA) is 47.9 Å². The Balaban J connectivity index is 1.52. The van der Waals surface area contributed by atoms with Crippen LogP contribution in [0.3, 0.4) is 0 Å². The minimum atomic E-state index is 0.0385. The first-order valence-electron chi connectivity index (χ1n) is 9.10. The van der Waals surface area contributed by atoms with Gasteiger partial charge in [-0.15, -0.1) is 0 Å². The number of hydrogen-bond acceptors (Lipinski definition) is 4. The van der Waals surface area contributed by atoms with Crippen LogP contribution in [-0.2, 0) is 0 Å². The molecule has 130 valence electrons. The van der Waals surface area contributed by atoms with Crippen molar-refractivity contribution in [2.75, 3.05) is 31.2 Å². The molecule has 5 heteroatoms. The number of nitrogens with one attached hydrogen (secondary N) is 1. The minimum absolute atomic E-state index is 0.0385. The molecule has 1 amide bonds. The van der Waals surface area contributed by atoms with E-state index in [-0.39, 0.29) is 5.91 Å². The molecule has 1 N–H and O–H groups in total. The van der Waals surface area contributed by atoms with Crippen molar-refractivity contribution in [2.45, 2.75) is 45.6 Å². The predicted octanol–water partition coefficient (Wildman–Crippen LogP) is 2.88. The second-order valence-electron chi connectivity index (χ2n) is 6.84. The summed E-state index contributed by atoms with van der Waals surface area (Å²) in [6, 6.07) is 8.08. The summed E-state index contributed by atoms with van der Waals surface area (Å²) in [6.07, 6.45) is 4.31. The zero-order chi connectivity index (χ0) is 16.9. The summed E-state index contributed by atoms with van der Waals surface area (Å²) < 4.78 is 0. The van der Waals surface area contributed by atoms with Crippen LogP contribution in [0.1, 0.15) is 49.9 Å². The van der Waals surface area contributed by atoms with Crippen LogP contribution in [-0.4, -0.2) is 48.7 Å². The van der Waals surface area contributed by atoms with Crippen LogP contribution < -0.4 is 10.3 Å². The summed E-state index contributed by atoms with van der Waals surface area (Å²) in [4.78, 5) is 14.9. The zero-order valence-corrected chi connectivity index (χ0v) is 14.8. The number of piperidine rings is 1. The second-order valence-corrected chi connectivity index (χ2v) is 6.84. The molecule has 2 aliphatic heterocycles. The van der Waals surface area contributed by atoms with E-state index in [0.717, 1.165) is 55.9 Å². The molecule has 0 bridgehead atoms. The summed E-state index contributed by atoms with van der Waals surface area (Å²) in [7, 11) is 0. The van der Waals surface area contributed by atoms with Crippen LogP contribution in [0.4, 0.5) is 5.69 Å². The van der Waals surface area contributed by atoms with Gasteiger partial charge in [-0.05, 0) is 57.0 Å². The van der Waals surface area contributed by atoms with Crippen molar-refractivity contribution in [3.63, 3.8) is 0 Å². The van der Waals surface area contributed by atoms with Gasteiger partial charge in [-0.3, -0.25) is 9.80 Å². The number of carbonyl (C=O) groups excluding carboxylic acids is 1. The maximum absolute atomic E-state index is 12.4. The molecule has 24 heavy (non-hydrogen) atoms. The maximum atomic E-state index is 12.4. The molecule has 1 aromatic carbocycles. The van der Waals surface area contributed by atoms with Gasteiger partial charge in [0, 0.05) is 43.4 Å². The third-order valence-corrected chi connectivity index (χ3v) is 4.87. The highest BCUT2D eigenvalue weighted by atomic mass is 16.1. The normalized spacial score (nSPS) is 19.4. The Hall–Kier alpha value is -1.88. The van der Waals surface area contributed by atoms with Crippen LogP contribution in [0.25, 0.3) is 0 Å². The lowest BCUT2D eigenvalue weighted by Gasteiger charge is -2.32. The number of anilines is 1. The molecule has 5 nitrogen and oxygen atoms in total. The summed E-state index contributed by atoms with van der Waals surface area (Å²) in [5, 5.41) is 9.68. The summed E-state index contributed by atoms with van der Waals surface area (Å²) in [5.41, 5.74) is 2.94. The SMILES string of the molecule is CCCN1CCC(NC(=O)c2ccc(N3CCC(C)=N3)cc2)CC1. The molecule has 0 unspecified atom stereocenters. The van der Waals surface area contributed by atoms with Crippen molar-refractivity contribution in [1.82, 2.24) is 10.2 Å². The lowest BCUT2D eigenvalue weighted by molar-refractivity contribution is 0.0911. The van der Waals surface area contributed by atoms with E-state index < -0.39 is 0 Å². The van der Waals surface area contributed by atoms with E-state index in [0.29, 0.717) is 6.04 Å². The Kier molecular flexibility index (Phi) is 5.51. The van der Waals surface area contributed by atoms with E-state index in [1.807, 2.05) is 36.2 Å². The van der Waals surface area contributed by atoms with E-state index in [1.54, 1.807) is 0 Å². The fourth-order valence-electron chi connectivity index (χ4n) is 3.43. The molecule has 1 saturated heterocycles. The van der Waals surface area contributed by atoms with Gasteiger partial charge in [-0.1, -0.05) is 6.92 Å². The quantitative estimate of drug-likeness (QED) is 0.904. The number of rotatable bonds is 5. The standard InChI is InChI=1S/C19H28N4O/c1-3-11-22-12-9-17(10-13-22)20-19(24)16-4-6-18(7-5-16)23-14-8-15(2)21-23/h4-7,17H,3,8-14H2,1-2H3,(H,20,24). The third kappa shape index (κ3) is 4.15.